The van der Waals surface area contributed by atoms with Crippen molar-refractivity contribution < 1.29 is 4.74 Å². The summed E-state index contributed by atoms with van der Waals surface area (Å²) in [6, 6.07) is 9.88. The highest BCUT2D eigenvalue weighted by Gasteiger charge is 2.15. The highest BCUT2D eigenvalue weighted by atomic mass is 16.5. The third kappa shape index (κ3) is 2.31. The molecule has 1 aromatic carbocycles. The molecule has 2 heterocycles. The molecule has 5 heteroatoms. The standard InChI is InChI=1S/C16H18N4O/c1-4-12-14(17)16(20(3)19-12)21-13-7-5-6-11-9-8-10(2)18-15(11)13/h5-9H,4,17H2,1-3H3. The number of pyridine rings is 1. The van der Waals surface area contributed by atoms with Crippen LogP contribution in [0, 0.1) is 6.92 Å². The number of nitrogen functional groups attached to an aromatic ring is 1. The number of benzene rings is 1. The quantitative estimate of drug-likeness (QED) is 0.801. The molecule has 0 aliphatic carbocycles. The van der Waals surface area contributed by atoms with E-state index in [4.69, 9.17) is 10.5 Å². The lowest BCUT2D eigenvalue weighted by Crippen LogP contribution is -1.98. The van der Waals surface area contributed by atoms with Crippen molar-refractivity contribution in [1.82, 2.24) is 14.8 Å². The van der Waals surface area contributed by atoms with Gasteiger partial charge in [0.15, 0.2) is 5.75 Å². The van der Waals surface area contributed by atoms with Gasteiger partial charge in [-0.05, 0) is 25.5 Å². The van der Waals surface area contributed by atoms with Gasteiger partial charge in [0.2, 0.25) is 5.88 Å². The van der Waals surface area contributed by atoms with Crippen LogP contribution in [0.15, 0.2) is 30.3 Å². The second kappa shape index (κ2) is 5.09. The molecule has 0 saturated carbocycles. The minimum atomic E-state index is 0.558. The van der Waals surface area contributed by atoms with Gasteiger partial charge in [-0.1, -0.05) is 25.1 Å². The number of ether oxygens (including phenoxy) is 1. The zero-order valence-corrected chi connectivity index (χ0v) is 12.4. The largest absolute Gasteiger partial charge is 0.435 e. The molecule has 0 unspecified atom stereocenters. The van der Waals surface area contributed by atoms with Crippen LogP contribution in [0.2, 0.25) is 0 Å². The lowest BCUT2D eigenvalue weighted by atomic mass is 10.2. The molecule has 0 aliphatic heterocycles. The van der Waals surface area contributed by atoms with Crippen molar-refractivity contribution in [3.8, 4) is 11.6 Å². The number of hydrogen-bond acceptors (Lipinski definition) is 4. The highest BCUT2D eigenvalue weighted by Crippen LogP contribution is 2.33. The fraction of sp³-hybridized carbons (Fsp3) is 0.250. The molecule has 0 radical (unpaired) electrons. The number of nitrogens with two attached hydrogens (primary N) is 1. The average Bonchev–Trinajstić information content (AvgIpc) is 2.75. The predicted octanol–water partition coefficient (Wildman–Crippen LogP) is 3.21. The van der Waals surface area contributed by atoms with Gasteiger partial charge in [-0.3, -0.25) is 0 Å². The number of aromatic nitrogens is 3. The summed E-state index contributed by atoms with van der Waals surface area (Å²) in [4.78, 5) is 4.56. The van der Waals surface area contributed by atoms with Crippen LogP contribution < -0.4 is 10.5 Å². The first-order valence-corrected chi connectivity index (χ1v) is 6.95. The Hall–Kier alpha value is -2.56. The van der Waals surface area contributed by atoms with Crippen LogP contribution in [0.5, 0.6) is 11.6 Å². The molecule has 0 atom stereocenters. The molecule has 0 spiro atoms. The van der Waals surface area contributed by atoms with Crippen LogP contribution >= 0.6 is 0 Å². The smallest absolute Gasteiger partial charge is 0.241 e. The summed E-state index contributed by atoms with van der Waals surface area (Å²) in [5.74, 6) is 1.25. The highest BCUT2D eigenvalue weighted by molar-refractivity contribution is 5.85. The van der Waals surface area contributed by atoms with Crippen LogP contribution in [-0.4, -0.2) is 14.8 Å². The van der Waals surface area contributed by atoms with Crippen molar-refractivity contribution in [2.45, 2.75) is 20.3 Å². The summed E-state index contributed by atoms with van der Waals surface area (Å²) in [5.41, 5.74) is 9.32. The summed E-state index contributed by atoms with van der Waals surface area (Å²) in [6.45, 7) is 3.98. The zero-order chi connectivity index (χ0) is 15.0. The maximum atomic E-state index is 6.11. The van der Waals surface area contributed by atoms with Crippen LogP contribution in [-0.2, 0) is 13.5 Å². The molecule has 3 aromatic rings. The number of rotatable bonds is 3. The maximum absolute atomic E-state index is 6.11. The molecular formula is C16H18N4O. The molecule has 0 amide bonds. The Kier molecular flexibility index (Phi) is 3.25. The van der Waals surface area contributed by atoms with Crippen molar-refractivity contribution in [3.63, 3.8) is 0 Å². The Morgan fingerprint density at radius 3 is 2.76 bits per heavy atom. The predicted molar refractivity (Wildman–Crippen MR) is 83.6 cm³/mol. The SMILES string of the molecule is CCc1nn(C)c(Oc2cccc3ccc(C)nc23)c1N. The van der Waals surface area contributed by atoms with Crippen molar-refractivity contribution in [3.05, 3.63) is 41.7 Å². The molecule has 3 rings (SSSR count). The zero-order valence-electron chi connectivity index (χ0n) is 12.4. The van der Waals surface area contributed by atoms with Crippen molar-refractivity contribution >= 4 is 16.6 Å². The summed E-state index contributed by atoms with van der Waals surface area (Å²) >= 11 is 0. The average molecular weight is 282 g/mol. The van der Waals surface area contributed by atoms with Gasteiger partial charge in [0.1, 0.15) is 11.2 Å². The van der Waals surface area contributed by atoms with E-state index in [9.17, 15) is 0 Å². The first kappa shape index (κ1) is 13.4. The van der Waals surface area contributed by atoms with E-state index in [0.29, 0.717) is 17.3 Å². The van der Waals surface area contributed by atoms with E-state index in [1.165, 1.54) is 0 Å². The summed E-state index contributed by atoms with van der Waals surface area (Å²) in [6.07, 6.45) is 0.774. The molecule has 5 nitrogen and oxygen atoms in total. The fourth-order valence-electron chi connectivity index (χ4n) is 2.36. The van der Waals surface area contributed by atoms with Gasteiger partial charge in [0.25, 0.3) is 0 Å². The topological polar surface area (TPSA) is 66.0 Å². The number of aryl methyl sites for hydroxylation is 3. The Balaban J connectivity index is 2.10. The number of anilines is 1. The monoisotopic (exact) mass is 282 g/mol. The lowest BCUT2D eigenvalue weighted by molar-refractivity contribution is 0.436. The maximum Gasteiger partial charge on any atom is 0.241 e. The molecule has 108 valence electrons. The molecule has 0 fully saturated rings. The van der Waals surface area contributed by atoms with E-state index in [1.807, 2.05) is 51.2 Å². The molecular weight excluding hydrogens is 264 g/mol. The normalized spacial score (nSPS) is 11.0. The summed E-state index contributed by atoms with van der Waals surface area (Å²) < 4.78 is 7.67. The van der Waals surface area contributed by atoms with Crippen molar-refractivity contribution in [2.24, 2.45) is 7.05 Å². The van der Waals surface area contributed by atoms with Gasteiger partial charge in [-0.25, -0.2) is 9.67 Å². The molecule has 2 N–H and O–H groups in total. The van der Waals surface area contributed by atoms with Gasteiger partial charge in [0, 0.05) is 18.1 Å². The molecule has 21 heavy (non-hydrogen) atoms. The number of hydrogen-bond donors (Lipinski definition) is 1. The Bertz CT molecular complexity index is 807. The molecule has 0 saturated heterocycles. The van der Waals surface area contributed by atoms with E-state index in [-0.39, 0.29) is 0 Å². The third-order valence-corrected chi connectivity index (χ3v) is 3.47. The molecule has 0 aliphatic rings. The van der Waals surface area contributed by atoms with Crippen LogP contribution in [0.4, 0.5) is 5.69 Å². The second-order valence-electron chi connectivity index (χ2n) is 5.03. The Labute approximate surface area is 123 Å². The van der Waals surface area contributed by atoms with Crippen molar-refractivity contribution in [2.75, 3.05) is 5.73 Å². The Morgan fingerprint density at radius 1 is 1.24 bits per heavy atom. The van der Waals surface area contributed by atoms with Crippen LogP contribution in [0.1, 0.15) is 18.3 Å². The summed E-state index contributed by atoms with van der Waals surface area (Å²) in [7, 11) is 1.83. The second-order valence-corrected chi connectivity index (χ2v) is 5.03. The molecule has 0 bridgehead atoms. The number of para-hydroxylation sites is 1. The van der Waals surface area contributed by atoms with Gasteiger partial charge < -0.3 is 10.5 Å². The summed E-state index contributed by atoms with van der Waals surface area (Å²) in [5, 5.41) is 5.41. The van der Waals surface area contributed by atoms with E-state index in [1.54, 1.807) is 4.68 Å². The van der Waals surface area contributed by atoms with Gasteiger partial charge in [-0.15, -0.1) is 0 Å². The first-order chi connectivity index (χ1) is 10.1. The fourth-order valence-corrected chi connectivity index (χ4v) is 2.36. The minimum absolute atomic E-state index is 0.558. The van der Waals surface area contributed by atoms with Gasteiger partial charge in [-0.2, -0.15) is 5.10 Å². The van der Waals surface area contributed by atoms with Crippen LogP contribution in [0.25, 0.3) is 10.9 Å². The van der Waals surface area contributed by atoms with Crippen molar-refractivity contribution in [1.29, 1.82) is 0 Å². The number of fused-ring (bicyclic) bond motifs is 1. The van der Waals surface area contributed by atoms with E-state index >= 15 is 0 Å². The van der Waals surface area contributed by atoms with Gasteiger partial charge >= 0.3 is 0 Å². The van der Waals surface area contributed by atoms with Crippen LogP contribution in [0.3, 0.4) is 0 Å². The Morgan fingerprint density at radius 2 is 2.05 bits per heavy atom. The lowest BCUT2D eigenvalue weighted by Gasteiger charge is -2.09. The minimum Gasteiger partial charge on any atom is -0.435 e. The number of nitrogens with zero attached hydrogens (tertiary/aromatic N) is 3. The van der Waals surface area contributed by atoms with Gasteiger partial charge in [0.05, 0.1) is 5.69 Å². The molecule has 2 aromatic heterocycles. The van der Waals surface area contributed by atoms with E-state index in [0.717, 1.165) is 28.7 Å². The van der Waals surface area contributed by atoms with E-state index < -0.39 is 0 Å². The first-order valence-electron chi connectivity index (χ1n) is 6.95. The van der Waals surface area contributed by atoms with E-state index in [2.05, 4.69) is 10.1 Å². The third-order valence-electron chi connectivity index (χ3n) is 3.47.